The predicted octanol–water partition coefficient (Wildman–Crippen LogP) is 1.89. The topological polar surface area (TPSA) is 91.0 Å². The molecule has 1 saturated carbocycles. The fourth-order valence-corrected chi connectivity index (χ4v) is 5.06. The summed E-state index contributed by atoms with van der Waals surface area (Å²) in [7, 11) is 4.20. The first-order valence-electron chi connectivity index (χ1n) is 11.1. The van der Waals surface area contributed by atoms with Gasteiger partial charge >= 0.3 is 6.03 Å². The molecule has 2 N–H and O–H groups in total. The number of ether oxygens (including phenoxy) is 1. The van der Waals surface area contributed by atoms with Crippen LogP contribution in [0.15, 0.2) is 24.3 Å². The molecule has 1 atom stereocenters. The van der Waals surface area contributed by atoms with E-state index in [-0.39, 0.29) is 18.2 Å². The number of amides is 4. The molecule has 8 heteroatoms. The van der Waals surface area contributed by atoms with Crippen molar-refractivity contribution in [2.24, 2.45) is 5.92 Å². The maximum atomic E-state index is 13.5. The molecule has 31 heavy (non-hydrogen) atoms. The van der Waals surface area contributed by atoms with Gasteiger partial charge in [0.15, 0.2) is 0 Å². The highest BCUT2D eigenvalue weighted by Gasteiger charge is 2.43. The monoisotopic (exact) mass is 428 g/mol. The number of nitrogens with zero attached hydrogens (tertiary/aromatic N) is 2. The van der Waals surface area contributed by atoms with Crippen LogP contribution in [-0.4, -0.2) is 66.5 Å². The number of urea groups is 1. The Bertz CT molecular complexity index is 848. The van der Waals surface area contributed by atoms with Gasteiger partial charge in [-0.15, -0.1) is 0 Å². The molecule has 168 valence electrons. The summed E-state index contributed by atoms with van der Waals surface area (Å²) in [5.74, 6) is 0.962. The van der Waals surface area contributed by atoms with E-state index in [0.717, 1.165) is 43.5 Å². The molecule has 1 saturated heterocycles. The van der Waals surface area contributed by atoms with Crippen molar-refractivity contribution in [2.75, 3.05) is 27.2 Å². The Kier molecular flexibility index (Phi) is 6.18. The molecule has 3 aliphatic rings. The summed E-state index contributed by atoms with van der Waals surface area (Å²) in [4.78, 5) is 41.1. The summed E-state index contributed by atoms with van der Waals surface area (Å²) in [6.45, 7) is 1.99. The lowest BCUT2D eigenvalue weighted by Gasteiger charge is -2.42. The number of carbonyl (C=O) groups excluding carboxylic acids is 3. The van der Waals surface area contributed by atoms with Gasteiger partial charge in [0.1, 0.15) is 17.4 Å². The van der Waals surface area contributed by atoms with Crippen molar-refractivity contribution < 1.29 is 19.1 Å². The van der Waals surface area contributed by atoms with Gasteiger partial charge in [0.05, 0.1) is 6.54 Å². The number of fused-ring (bicyclic) bond motifs is 1. The fraction of sp³-hybridized carbons (Fsp3) is 0.609. The van der Waals surface area contributed by atoms with Crippen LogP contribution < -0.4 is 15.4 Å². The van der Waals surface area contributed by atoms with Gasteiger partial charge in [0.2, 0.25) is 11.8 Å². The zero-order valence-electron chi connectivity index (χ0n) is 18.4. The quantitative estimate of drug-likeness (QED) is 0.767. The average molecular weight is 429 g/mol. The first-order chi connectivity index (χ1) is 14.8. The molecule has 4 amide bonds. The average Bonchev–Trinajstić information content (AvgIpc) is 2.99. The molecule has 1 aliphatic carbocycles. The molecular weight excluding hydrogens is 396 g/mol. The number of hydrogen-bond acceptors (Lipinski definition) is 5. The second kappa shape index (κ2) is 8.86. The smallest absolute Gasteiger partial charge is 0.322 e. The Morgan fingerprint density at radius 1 is 1.19 bits per heavy atom. The molecule has 2 aliphatic heterocycles. The highest BCUT2D eigenvalue weighted by Crippen LogP contribution is 2.40. The molecule has 0 radical (unpaired) electrons. The summed E-state index contributed by atoms with van der Waals surface area (Å²) in [6.07, 6.45) is 4.34. The van der Waals surface area contributed by atoms with E-state index in [1.807, 2.05) is 29.2 Å². The van der Waals surface area contributed by atoms with Crippen LogP contribution in [0.25, 0.3) is 0 Å². The summed E-state index contributed by atoms with van der Waals surface area (Å²) in [5, 5.41) is 4.91. The van der Waals surface area contributed by atoms with Crippen LogP contribution in [0.1, 0.15) is 44.1 Å². The Morgan fingerprint density at radius 2 is 1.94 bits per heavy atom. The molecule has 1 unspecified atom stereocenters. The van der Waals surface area contributed by atoms with Crippen LogP contribution in [0.5, 0.6) is 5.75 Å². The standard InChI is InChI=1S/C23H32N4O4/c1-26(2)13-16-9-11-23(12-10-16)15-27(14-17-5-3-4-6-19(17)31-23)21(29)18-7-8-20(28)25-22(30)24-18/h3-6,16,18H,7-15H2,1-2H3,(H2,24,25,28,30). The Morgan fingerprint density at radius 3 is 2.68 bits per heavy atom. The third-order valence-electron chi connectivity index (χ3n) is 6.61. The first kappa shape index (κ1) is 21.6. The van der Waals surface area contributed by atoms with Gasteiger partial charge in [-0.25, -0.2) is 4.79 Å². The normalized spacial score (nSPS) is 28.8. The Labute approximate surface area is 183 Å². The lowest BCUT2D eigenvalue weighted by atomic mass is 9.78. The summed E-state index contributed by atoms with van der Waals surface area (Å²) < 4.78 is 6.61. The fourth-order valence-electron chi connectivity index (χ4n) is 5.06. The maximum absolute atomic E-state index is 13.5. The Hall–Kier alpha value is -2.61. The molecule has 2 heterocycles. The number of nitrogens with one attached hydrogen (secondary N) is 2. The van der Waals surface area contributed by atoms with Gasteiger partial charge in [0.25, 0.3) is 0 Å². The van der Waals surface area contributed by atoms with Crippen molar-refractivity contribution >= 4 is 17.8 Å². The highest BCUT2D eigenvalue weighted by atomic mass is 16.5. The number of carbonyl (C=O) groups is 3. The van der Waals surface area contributed by atoms with E-state index in [1.165, 1.54) is 0 Å². The van der Waals surface area contributed by atoms with Gasteiger partial charge in [0, 0.05) is 25.1 Å². The van der Waals surface area contributed by atoms with Crippen LogP contribution >= 0.6 is 0 Å². The number of benzene rings is 1. The molecule has 1 aromatic rings. The third-order valence-corrected chi connectivity index (χ3v) is 6.61. The second-order valence-electron chi connectivity index (χ2n) is 9.41. The van der Waals surface area contributed by atoms with Crippen LogP contribution in [0.3, 0.4) is 0 Å². The lowest BCUT2D eigenvalue weighted by molar-refractivity contribution is -0.137. The van der Waals surface area contributed by atoms with E-state index in [1.54, 1.807) is 0 Å². The van der Waals surface area contributed by atoms with Gasteiger partial charge in [-0.2, -0.15) is 0 Å². The lowest BCUT2D eigenvalue weighted by Crippen LogP contribution is -2.54. The Balaban J connectivity index is 1.56. The molecule has 1 aromatic carbocycles. The van der Waals surface area contributed by atoms with Gasteiger partial charge < -0.3 is 19.9 Å². The SMILES string of the molecule is CN(C)CC1CCC2(CC1)CN(C(=O)C1CCC(=O)NC(=O)N1)Cc1ccccc1O2. The molecule has 4 rings (SSSR count). The zero-order chi connectivity index (χ0) is 22.0. The number of imide groups is 1. The van der Waals surface area contributed by atoms with Gasteiger partial charge in [-0.1, -0.05) is 18.2 Å². The van der Waals surface area contributed by atoms with Gasteiger partial charge in [-0.05, 0) is 58.2 Å². The molecule has 1 spiro atoms. The minimum Gasteiger partial charge on any atom is -0.485 e. The summed E-state index contributed by atoms with van der Waals surface area (Å²) >= 11 is 0. The zero-order valence-corrected chi connectivity index (χ0v) is 18.4. The summed E-state index contributed by atoms with van der Waals surface area (Å²) in [6, 6.07) is 6.57. The summed E-state index contributed by atoms with van der Waals surface area (Å²) in [5.41, 5.74) is 0.547. The van der Waals surface area contributed by atoms with Gasteiger partial charge in [-0.3, -0.25) is 14.9 Å². The van der Waals surface area contributed by atoms with Crippen molar-refractivity contribution in [2.45, 2.75) is 56.7 Å². The first-order valence-corrected chi connectivity index (χ1v) is 11.1. The third kappa shape index (κ3) is 5.01. The predicted molar refractivity (Wildman–Crippen MR) is 115 cm³/mol. The van der Waals surface area contributed by atoms with Crippen LogP contribution in [-0.2, 0) is 16.1 Å². The van der Waals surface area contributed by atoms with E-state index in [4.69, 9.17) is 4.74 Å². The van der Waals surface area contributed by atoms with E-state index >= 15 is 0 Å². The van der Waals surface area contributed by atoms with Crippen LogP contribution in [0.2, 0.25) is 0 Å². The number of rotatable bonds is 3. The maximum Gasteiger partial charge on any atom is 0.322 e. The largest absolute Gasteiger partial charge is 0.485 e. The molecule has 8 nitrogen and oxygen atoms in total. The van der Waals surface area contributed by atoms with Crippen molar-refractivity contribution in [1.82, 2.24) is 20.4 Å². The number of hydrogen-bond donors (Lipinski definition) is 2. The molecule has 2 fully saturated rings. The van der Waals surface area contributed by atoms with Crippen LogP contribution in [0, 0.1) is 5.92 Å². The number of para-hydroxylation sites is 1. The molecule has 0 aromatic heterocycles. The van der Waals surface area contributed by atoms with Crippen LogP contribution in [0.4, 0.5) is 4.79 Å². The van der Waals surface area contributed by atoms with E-state index in [9.17, 15) is 14.4 Å². The van der Waals surface area contributed by atoms with E-state index in [0.29, 0.717) is 25.4 Å². The molecular formula is C23H32N4O4. The molecule has 0 bridgehead atoms. The van der Waals surface area contributed by atoms with Crippen molar-refractivity contribution in [3.63, 3.8) is 0 Å². The minimum atomic E-state index is -0.709. The van der Waals surface area contributed by atoms with E-state index in [2.05, 4.69) is 29.6 Å². The highest BCUT2D eigenvalue weighted by molar-refractivity contribution is 5.98. The van der Waals surface area contributed by atoms with E-state index < -0.39 is 17.7 Å². The van der Waals surface area contributed by atoms with Crippen molar-refractivity contribution in [1.29, 1.82) is 0 Å². The van der Waals surface area contributed by atoms with Crippen molar-refractivity contribution in [3.05, 3.63) is 29.8 Å². The van der Waals surface area contributed by atoms with Crippen molar-refractivity contribution in [3.8, 4) is 5.75 Å². The minimum absolute atomic E-state index is 0.146. The second-order valence-corrected chi connectivity index (χ2v) is 9.41.